The van der Waals surface area contributed by atoms with Crippen LogP contribution in [0.5, 0.6) is 5.75 Å². The molecule has 0 amide bonds. The minimum absolute atomic E-state index is 0.213. The van der Waals surface area contributed by atoms with E-state index >= 15 is 0 Å². The molecule has 0 saturated carbocycles. The number of fused-ring (bicyclic) bond motifs is 1. The van der Waals surface area contributed by atoms with Gasteiger partial charge in [-0.15, -0.1) is 0 Å². The molecule has 1 unspecified atom stereocenters. The third-order valence-corrected chi connectivity index (χ3v) is 3.88. The molecule has 0 spiro atoms. The molecule has 0 fully saturated rings. The number of phenols is 1. The summed E-state index contributed by atoms with van der Waals surface area (Å²) in [7, 11) is 0. The number of nitrogens with zero attached hydrogens (tertiary/aromatic N) is 1. The predicted octanol–water partition coefficient (Wildman–Crippen LogP) is 4.50. The molecular formula is C19H16N2O2. The van der Waals surface area contributed by atoms with Crippen molar-refractivity contribution in [3.63, 3.8) is 0 Å². The Kier molecular flexibility index (Phi) is 3.35. The summed E-state index contributed by atoms with van der Waals surface area (Å²) in [6.45, 7) is 0. The van der Waals surface area contributed by atoms with Gasteiger partial charge in [0.2, 0.25) is 0 Å². The molecule has 114 valence electrons. The van der Waals surface area contributed by atoms with Crippen LogP contribution in [0.2, 0.25) is 0 Å². The lowest BCUT2D eigenvalue weighted by molar-refractivity contribution is 0.475. The van der Waals surface area contributed by atoms with Crippen LogP contribution in [0.15, 0.2) is 71.2 Å². The fourth-order valence-corrected chi connectivity index (χ4v) is 2.67. The van der Waals surface area contributed by atoms with Crippen molar-refractivity contribution in [2.24, 2.45) is 0 Å². The van der Waals surface area contributed by atoms with Gasteiger partial charge in [0, 0.05) is 0 Å². The second-order valence-electron chi connectivity index (χ2n) is 5.55. The number of benzene rings is 2. The van der Waals surface area contributed by atoms with E-state index < -0.39 is 0 Å². The van der Waals surface area contributed by atoms with Crippen molar-refractivity contribution < 1.29 is 9.52 Å². The number of allylic oxidation sites excluding steroid dienone is 2. The van der Waals surface area contributed by atoms with Gasteiger partial charge in [0.1, 0.15) is 11.3 Å². The number of aromatic hydroxyl groups is 1. The van der Waals surface area contributed by atoms with Crippen molar-refractivity contribution in [2.45, 2.75) is 12.5 Å². The molecule has 23 heavy (non-hydrogen) atoms. The van der Waals surface area contributed by atoms with E-state index in [1.165, 1.54) is 0 Å². The van der Waals surface area contributed by atoms with Crippen molar-refractivity contribution in [2.75, 3.05) is 5.32 Å². The van der Waals surface area contributed by atoms with Gasteiger partial charge in [0.15, 0.2) is 5.58 Å². The van der Waals surface area contributed by atoms with E-state index in [4.69, 9.17) is 4.42 Å². The van der Waals surface area contributed by atoms with Crippen molar-refractivity contribution >= 4 is 17.1 Å². The van der Waals surface area contributed by atoms with E-state index in [0.29, 0.717) is 6.01 Å². The van der Waals surface area contributed by atoms with E-state index in [1.807, 2.05) is 42.5 Å². The molecule has 4 nitrogen and oxygen atoms in total. The lowest BCUT2D eigenvalue weighted by atomic mass is 10.1. The van der Waals surface area contributed by atoms with Gasteiger partial charge in [0.05, 0.1) is 6.04 Å². The van der Waals surface area contributed by atoms with Crippen LogP contribution in [-0.4, -0.2) is 16.1 Å². The molecule has 0 radical (unpaired) electrons. The van der Waals surface area contributed by atoms with Crippen molar-refractivity contribution in [1.82, 2.24) is 4.98 Å². The van der Waals surface area contributed by atoms with Gasteiger partial charge in [0.25, 0.3) is 6.01 Å². The molecular weight excluding hydrogens is 288 g/mol. The van der Waals surface area contributed by atoms with Crippen molar-refractivity contribution in [3.8, 4) is 16.9 Å². The van der Waals surface area contributed by atoms with Crippen LogP contribution in [0.4, 0.5) is 6.01 Å². The Hall–Kier alpha value is -3.01. The van der Waals surface area contributed by atoms with Gasteiger partial charge < -0.3 is 14.8 Å². The summed E-state index contributed by atoms with van der Waals surface area (Å²) in [5.41, 5.74) is 3.64. The molecule has 1 heterocycles. The molecule has 1 aliphatic rings. The monoisotopic (exact) mass is 304 g/mol. The molecule has 3 aromatic rings. The minimum atomic E-state index is 0.213. The average molecular weight is 304 g/mol. The first-order valence-corrected chi connectivity index (χ1v) is 7.58. The third-order valence-electron chi connectivity index (χ3n) is 3.88. The lowest BCUT2D eigenvalue weighted by Crippen LogP contribution is -2.16. The van der Waals surface area contributed by atoms with E-state index in [0.717, 1.165) is 28.6 Å². The highest BCUT2D eigenvalue weighted by atomic mass is 16.4. The zero-order valence-corrected chi connectivity index (χ0v) is 12.4. The van der Waals surface area contributed by atoms with E-state index in [-0.39, 0.29) is 11.8 Å². The lowest BCUT2D eigenvalue weighted by Gasteiger charge is -2.12. The maximum atomic E-state index is 9.39. The number of nitrogens with one attached hydrogen (secondary N) is 1. The highest BCUT2D eigenvalue weighted by Crippen LogP contribution is 2.27. The molecule has 2 aromatic carbocycles. The SMILES string of the molecule is Oc1ccc(-c2ccc3oc(NC4C=CC=CC4)nc3c2)cc1. The minimum Gasteiger partial charge on any atom is -0.508 e. The van der Waals surface area contributed by atoms with Crippen LogP contribution in [0.25, 0.3) is 22.2 Å². The zero-order chi connectivity index (χ0) is 15.6. The van der Waals surface area contributed by atoms with E-state index in [2.05, 4.69) is 22.5 Å². The van der Waals surface area contributed by atoms with Gasteiger partial charge in [-0.2, -0.15) is 4.98 Å². The topological polar surface area (TPSA) is 58.3 Å². The van der Waals surface area contributed by atoms with Crippen LogP contribution in [0, 0.1) is 0 Å². The fraction of sp³-hybridized carbons (Fsp3) is 0.105. The Labute approximate surface area is 133 Å². The quantitative estimate of drug-likeness (QED) is 0.748. The summed E-state index contributed by atoms with van der Waals surface area (Å²) in [6.07, 6.45) is 9.19. The zero-order valence-electron chi connectivity index (χ0n) is 12.4. The van der Waals surface area contributed by atoms with Crippen molar-refractivity contribution in [3.05, 3.63) is 66.8 Å². The molecule has 4 heteroatoms. The molecule has 4 rings (SSSR count). The number of hydrogen-bond donors (Lipinski definition) is 2. The maximum Gasteiger partial charge on any atom is 0.296 e. The molecule has 1 aromatic heterocycles. The standard InChI is InChI=1S/C19H16N2O2/c22-16-9-6-13(7-10-16)14-8-11-18-17(12-14)21-19(23-18)20-15-4-2-1-3-5-15/h1-4,6-12,15,22H,5H2,(H,20,21). The van der Waals surface area contributed by atoms with Gasteiger partial charge in [-0.25, -0.2) is 0 Å². The molecule has 0 aliphatic heterocycles. The molecule has 2 N–H and O–H groups in total. The van der Waals surface area contributed by atoms with Gasteiger partial charge in [-0.05, 0) is 41.8 Å². The summed E-state index contributed by atoms with van der Waals surface area (Å²) in [5, 5.41) is 12.7. The van der Waals surface area contributed by atoms with E-state index in [9.17, 15) is 5.11 Å². The number of anilines is 1. The fourth-order valence-electron chi connectivity index (χ4n) is 2.67. The number of aromatic nitrogens is 1. The highest BCUT2D eigenvalue weighted by Gasteiger charge is 2.11. The van der Waals surface area contributed by atoms with Crippen molar-refractivity contribution in [1.29, 1.82) is 0 Å². The van der Waals surface area contributed by atoms with Crippen LogP contribution in [0.3, 0.4) is 0 Å². The Morgan fingerprint density at radius 1 is 1.04 bits per heavy atom. The summed E-state index contributed by atoms with van der Waals surface area (Å²) >= 11 is 0. The number of rotatable bonds is 3. The largest absolute Gasteiger partial charge is 0.508 e. The number of phenolic OH excluding ortho intramolecular Hbond substituents is 1. The first kappa shape index (κ1) is 13.6. The molecule has 1 atom stereocenters. The van der Waals surface area contributed by atoms with E-state index in [1.54, 1.807) is 12.1 Å². The molecule has 0 saturated heterocycles. The predicted molar refractivity (Wildman–Crippen MR) is 91.4 cm³/mol. The Balaban J connectivity index is 1.62. The molecule has 0 bridgehead atoms. The van der Waals surface area contributed by atoms with Gasteiger partial charge in [-0.1, -0.05) is 42.5 Å². The Bertz CT molecular complexity index is 891. The highest BCUT2D eigenvalue weighted by molar-refractivity contribution is 5.81. The Morgan fingerprint density at radius 3 is 2.65 bits per heavy atom. The van der Waals surface area contributed by atoms with Crippen LogP contribution in [0.1, 0.15) is 6.42 Å². The maximum absolute atomic E-state index is 9.39. The van der Waals surface area contributed by atoms with Gasteiger partial charge in [-0.3, -0.25) is 0 Å². The average Bonchev–Trinajstić information content (AvgIpc) is 2.98. The second kappa shape index (κ2) is 5.65. The van der Waals surface area contributed by atoms with Crippen LogP contribution in [-0.2, 0) is 0 Å². The molecule has 1 aliphatic carbocycles. The third kappa shape index (κ3) is 2.83. The first-order valence-electron chi connectivity index (χ1n) is 7.58. The number of hydrogen-bond acceptors (Lipinski definition) is 4. The van der Waals surface area contributed by atoms with Gasteiger partial charge >= 0.3 is 0 Å². The smallest absolute Gasteiger partial charge is 0.296 e. The summed E-state index contributed by atoms with van der Waals surface area (Å²) in [6, 6.07) is 13.8. The summed E-state index contributed by atoms with van der Waals surface area (Å²) in [5.74, 6) is 0.261. The summed E-state index contributed by atoms with van der Waals surface area (Å²) in [4.78, 5) is 4.53. The second-order valence-corrected chi connectivity index (χ2v) is 5.55. The normalized spacial score (nSPS) is 16.8. The number of oxazole rings is 1. The van der Waals surface area contributed by atoms with Crippen LogP contribution < -0.4 is 5.32 Å². The Morgan fingerprint density at radius 2 is 1.87 bits per heavy atom. The van der Waals surface area contributed by atoms with Crippen LogP contribution >= 0.6 is 0 Å². The first-order chi connectivity index (χ1) is 11.3. The summed E-state index contributed by atoms with van der Waals surface area (Å²) < 4.78 is 5.76.